The molecule has 0 atom stereocenters. The highest BCUT2D eigenvalue weighted by atomic mass is 35.5. The van der Waals surface area contributed by atoms with Gasteiger partial charge in [-0.25, -0.2) is 0 Å². The summed E-state index contributed by atoms with van der Waals surface area (Å²) in [5.74, 6) is 1.99. The van der Waals surface area contributed by atoms with Crippen molar-refractivity contribution in [3.8, 4) is 5.75 Å². The number of hydrogen-bond donors (Lipinski definition) is 1. The van der Waals surface area contributed by atoms with Gasteiger partial charge in [0.25, 0.3) is 0 Å². The first-order valence-corrected chi connectivity index (χ1v) is 11.7. The molecule has 1 amide bonds. The average molecular weight is 503 g/mol. The predicted molar refractivity (Wildman–Crippen MR) is 129 cm³/mol. The van der Waals surface area contributed by atoms with Crippen LogP contribution in [-0.4, -0.2) is 26.4 Å². The number of ether oxygens (including phenoxy) is 1. The van der Waals surface area contributed by atoms with Gasteiger partial charge in [-0.15, -0.1) is 10.2 Å². The van der Waals surface area contributed by atoms with E-state index in [2.05, 4.69) is 15.5 Å². The van der Waals surface area contributed by atoms with Gasteiger partial charge < -0.3 is 14.5 Å². The molecule has 0 bridgehead atoms. The number of nitrogens with one attached hydrogen (secondary N) is 1. The fourth-order valence-corrected chi connectivity index (χ4v) is 4.03. The van der Waals surface area contributed by atoms with Crippen LogP contribution in [0.25, 0.3) is 0 Å². The van der Waals surface area contributed by atoms with Gasteiger partial charge in [0.2, 0.25) is 5.91 Å². The molecule has 2 aromatic heterocycles. The lowest BCUT2D eigenvalue weighted by Crippen LogP contribution is -2.16. The van der Waals surface area contributed by atoms with Crippen LogP contribution in [0.15, 0.2) is 70.4 Å². The number of aromatic nitrogens is 3. The molecule has 0 unspecified atom stereocenters. The summed E-state index contributed by atoms with van der Waals surface area (Å²) in [5.41, 5.74) is 1.61. The lowest BCUT2D eigenvalue weighted by Gasteiger charge is -2.11. The fraction of sp³-hybridized carbons (Fsp3) is 0.174. The van der Waals surface area contributed by atoms with Crippen molar-refractivity contribution in [2.75, 3.05) is 11.1 Å². The number of thioether (sulfide) groups is 1. The van der Waals surface area contributed by atoms with Crippen LogP contribution in [0.3, 0.4) is 0 Å². The molecule has 4 aromatic rings. The summed E-state index contributed by atoms with van der Waals surface area (Å²) in [7, 11) is 0. The SMILES string of the molecule is Cc1ccc(Cl)cc1NC(=O)CSc1nnc(COc2ccc(Cl)cc2)n1Cc1ccco1. The molecule has 0 spiro atoms. The van der Waals surface area contributed by atoms with Gasteiger partial charge in [0.05, 0.1) is 18.6 Å². The van der Waals surface area contributed by atoms with E-state index in [1.807, 2.05) is 29.7 Å². The van der Waals surface area contributed by atoms with Crippen molar-refractivity contribution in [3.05, 3.63) is 88.1 Å². The van der Waals surface area contributed by atoms with Crippen molar-refractivity contribution in [1.29, 1.82) is 0 Å². The summed E-state index contributed by atoms with van der Waals surface area (Å²) in [5, 5.41) is 13.2. The van der Waals surface area contributed by atoms with Crippen molar-refractivity contribution in [3.63, 3.8) is 0 Å². The molecular weight excluding hydrogens is 483 g/mol. The Morgan fingerprint density at radius 3 is 2.67 bits per heavy atom. The van der Waals surface area contributed by atoms with E-state index in [0.29, 0.717) is 39.0 Å². The maximum absolute atomic E-state index is 12.5. The second-order valence-electron chi connectivity index (χ2n) is 7.10. The quantitative estimate of drug-likeness (QED) is 0.289. The zero-order valence-corrected chi connectivity index (χ0v) is 20.0. The van der Waals surface area contributed by atoms with Gasteiger partial charge in [-0.2, -0.15) is 0 Å². The lowest BCUT2D eigenvalue weighted by molar-refractivity contribution is -0.113. The van der Waals surface area contributed by atoms with E-state index in [0.717, 1.165) is 11.3 Å². The zero-order valence-electron chi connectivity index (χ0n) is 17.6. The third-order valence-corrected chi connectivity index (χ3v) is 6.13. The number of amides is 1. The van der Waals surface area contributed by atoms with Gasteiger partial charge in [-0.3, -0.25) is 9.36 Å². The first kappa shape index (κ1) is 23.2. The van der Waals surface area contributed by atoms with E-state index < -0.39 is 0 Å². The highest BCUT2D eigenvalue weighted by molar-refractivity contribution is 7.99. The van der Waals surface area contributed by atoms with Crippen LogP contribution >= 0.6 is 35.0 Å². The fourth-order valence-electron chi connectivity index (χ4n) is 2.97. The molecular formula is C23H20Cl2N4O3S. The normalized spacial score (nSPS) is 10.9. The van der Waals surface area contributed by atoms with Gasteiger partial charge in [0.15, 0.2) is 11.0 Å². The van der Waals surface area contributed by atoms with Crippen LogP contribution in [0, 0.1) is 6.92 Å². The summed E-state index contributed by atoms with van der Waals surface area (Å²) >= 11 is 13.3. The van der Waals surface area contributed by atoms with Crippen LogP contribution in [-0.2, 0) is 17.9 Å². The third-order valence-electron chi connectivity index (χ3n) is 4.68. The first-order chi connectivity index (χ1) is 16.0. The molecule has 0 aliphatic rings. The number of nitrogens with zero attached hydrogens (tertiary/aromatic N) is 3. The van der Waals surface area contributed by atoms with E-state index >= 15 is 0 Å². The number of aryl methyl sites for hydroxylation is 1. The van der Waals surface area contributed by atoms with E-state index in [1.165, 1.54) is 11.8 Å². The molecule has 0 radical (unpaired) electrons. The van der Waals surface area contributed by atoms with E-state index in [4.69, 9.17) is 32.4 Å². The second-order valence-corrected chi connectivity index (χ2v) is 8.92. The van der Waals surface area contributed by atoms with Crippen LogP contribution in [0.4, 0.5) is 5.69 Å². The molecule has 0 saturated heterocycles. The number of rotatable bonds is 9. The maximum atomic E-state index is 12.5. The highest BCUT2D eigenvalue weighted by Gasteiger charge is 2.17. The van der Waals surface area contributed by atoms with Crippen LogP contribution < -0.4 is 10.1 Å². The van der Waals surface area contributed by atoms with Crippen molar-refractivity contribution in [2.24, 2.45) is 0 Å². The summed E-state index contributed by atoms with van der Waals surface area (Å²) in [6.45, 7) is 2.52. The van der Waals surface area contributed by atoms with Gasteiger partial charge in [-0.05, 0) is 61.0 Å². The number of benzene rings is 2. The molecule has 0 aliphatic heterocycles. The zero-order chi connectivity index (χ0) is 23.2. The van der Waals surface area contributed by atoms with Crippen molar-refractivity contribution in [2.45, 2.75) is 25.2 Å². The summed E-state index contributed by atoms with van der Waals surface area (Å²) in [4.78, 5) is 12.5. The summed E-state index contributed by atoms with van der Waals surface area (Å²) in [6, 6.07) is 16.1. The molecule has 33 heavy (non-hydrogen) atoms. The molecule has 0 aliphatic carbocycles. The molecule has 4 rings (SSSR count). The van der Waals surface area contributed by atoms with Crippen molar-refractivity contribution in [1.82, 2.24) is 14.8 Å². The van der Waals surface area contributed by atoms with E-state index in [-0.39, 0.29) is 18.3 Å². The Kier molecular flexibility index (Phi) is 7.59. The van der Waals surface area contributed by atoms with Gasteiger partial charge in [-0.1, -0.05) is 41.0 Å². The van der Waals surface area contributed by atoms with Gasteiger partial charge in [0.1, 0.15) is 18.1 Å². The lowest BCUT2D eigenvalue weighted by atomic mass is 10.2. The van der Waals surface area contributed by atoms with Crippen LogP contribution in [0.1, 0.15) is 17.1 Å². The van der Waals surface area contributed by atoms with Gasteiger partial charge >= 0.3 is 0 Å². The number of carbonyl (C=O) groups is 1. The second kappa shape index (κ2) is 10.8. The minimum Gasteiger partial charge on any atom is -0.486 e. The highest BCUT2D eigenvalue weighted by Crippen LogP contribution is 2.23. The largest absolute Gasteiger partial charge is 0.486 e. The molecule has 7 nitrogen and oxygen atoms in total. The van der Waals surface area contributed by atoms with E-state index in [1.54, 1.807) is 42.7 Å². The average Bonchev–Trinajstić information content (AvgIpc) is 3.45. The van der Waals surface area contributed by atoms with Gasteiger partial charge in [0, 0.05) is 15.7 Å². The number of anilines is 1. The van der Waals surface area contributed by atoms with Crippen molar-refractivity contribution < 1.29 is 13.9 Å². The Bertz CT molecular complexity index is 1230. The molecule has 10 heteroatoms. The molecule has 2 aromatic carbocycles. The first-order valence-electron chi connectivity index (χ1n) is 9.99. The number of carbonyl (C=O) groups excluding carboxylic acids is 1. The Labute approximate surface area is 205 Å². The Morgan fingerprint density at radius 2 is 1.91 bits per heavy atom. The topological polar surface area (TPSA) is 82.2 Å². The van der Waals surface area contributed by atoms with Crippen LogP contribution in [0.5, 0.6) is 5.75 Å². The summed E-state index contributed by atoms with van der Waals surface area (Å²) < 4.78 is 13.2. The Hall–Kier alpha value is -2.94. The minimum atomic E-state index is -0.170. The number of hydrogen-bond acceptors (Lipinski definition) is 6. The monoisotopic (exact) mass is 502 g/mol. The summed E-state index contributed by atoms with van der Waals surface area (Å²) in [6.07, 6.45) is 1.61. The predicted octanol–water partition coefficient (Wildman–Crippen LogP) is 5.84. The molecule has 0 saturated carbocycles. The maximum Gasteiger partial charge on any atom is 0.234 e. The Balaban J connectivity index is 1.45. The smallest absolute Gasteiger partial charge is 0.234 e. The third kappa shape index (κ3) is 6.31. The van der Waals surface area contributed by atoms with Crippen LogP contribution in [0.2, 0.25) is 10.0 Å². The van der Waals surface area contributed by atoms with E-state index in [9.17, 15) is 4.79 Å². The standard InChI is InChI=1S/C23H20Cl2N4O3S/c1-15-4-5-17(25)11-20(15)26-22(30)14-33-23-28-27-21(29(23)12-19-3-2-10-31-19)13-32-18-8-6-16(24)7-9-18/h2-11H,12-14H2,1H3,(H,26,30). The van der Waals surface area contributed by atoms with Crippen molar-refractivity contribution >= 4 is 46.6 Å². The number of halogens is 2. The molecule has 170 valence electrons. The number of furan rings is 1. The molecule has 0 fully saturated rings. The Morgan fingerprint density at radius 1 is 1.12 bits per heavy atom. The molecule has 2 heterocycles. The molecule has 1 N–H and O–H groups in total. The minimum absolute atomic E-state index is 0.153.